The van der Waals surface area contributed by atoms with Crippen molar-refractivity contribution in [2.45, 2.75) is 25.3 Å². The SMILES string of the molecule is CC1(n2c(CCCl)nc3cccc(Cl)c32)CCS(=O)(=O)C1. The lowest BCUT2D eigenvalue weighted by Crippen LogP contribution is -2.33. The van der Waals surface area contributed by atoms with Crippen LogP contribution in [0.2, 0.25) is 5.02 Å². The third-order valence-corrected chi connectivity index (χ3v) is 6.42. The summed E-state index contributed by atoms with van der Waals surface area (Å²) in [5.41, 5.74) is 1.08. The van der Waals surface area contributed by atoms with Gasteiger partial charge in [0.25, 0.3) is 0 Å². The average molecular weight is 347 g/mol. The number of sulfone groups is 1. The van der Waals surface area contributed by atoms with Crippen molar-refractivity contribution in [1.29, 1.82) is 0 Å². The van der Waals surface area contributed by atoms with Crippen molar-refractivity contribution >= 4 is 44.1 Å². The van der Waals surface area contributed by atoms with E-state index < -0.39 is 15.4 Å². The summed E-state index contributed by atoms with van der Waals surface area (Å²) in [5.74, 6) is 1.55. The third-order valence-electron chi connectivity index (χ3n) is 4.04. The van der Waals surface area contributed by atoms with Crippen molar-refractivity contribution in [2.75, 3.05) is 17.4 Å². The van der Waals surface area contributed by atoms with Crippen molar-refractivity contribution in [3.05, 3.63) is 29.0 Å². The lowest BCUT2D eigenvalue weighted by molar-refractivity contribution is 0.365. The number of hydrogen-bond acceptors (Lipinski definition) is 3. The number of aromatic nitrogens is 2. The summed E-state index contributed by atoms with van der Waals surface area (Å²) in [6, 6.07) is 5.54. The summed E-state index contributed by atoms with van der Waals surface area (Å²) in [5, 5.41) is 0.589. The van der Waals surface area contributed by atoms with Gasteiger partial charge in [-0.05, 0) is 25.5 Å². The Morgan fingerprint density at radius 2 is 2.19 bits per heavy atom. The lowest BCUT2D eigenvalue weighted by atomic mass is 10.0. The van der Waals surface area contributed by atoms with Crippen LogP contribution in [0.1, 0.15) is 19.2 Å². The molecule has 1 unspecified atom stereocenters. The quantitative estimate of drug-likeness (QED) is 0.802. The highest BCUT2D eigenvalue weighted by molar-refractivity contribution is 7.91. The molecule has 0 radical (unpaired) electrons. The van der Waals surface area contributed by atoms with E-state index in [-0.39, 0.29) is 11.5 Å². The molecule has 1 atom stereocenters. The van der Waals surface area contributed by atoms with Crippen LogP contribution in [-0.4, -0.2) is 35.4 Å². The van der Waals surface area contributed by atoms with Gasteiger partial charge in [-0.15, -0.1) is 11.6 Å². The minimum absolute atomic E-state index is 0.117. The maximum atomic E-state index is 11.9. The number of halogens is 2. The molecule has 1 saturated heterocycles. The summed E-state index contributed by atoms with van der Waals surface area (Å²) in [4.78, 5) is 4.60. The smallest absolute Gasteiger partial charge is 0.152 e. The molecule has 1 aliphatic heterocycles. The molecule has 0 saturated carbocycles. The molecule has 2 heterocycles. The number of fused-ring (bicyclic) bond motifs is 1. The second kappa shape index (κ2) is 5.14. The van der Waals surface area contributed by atoms with E-state index in [0.717, 1.165) is 16.9 Å². The highest BCUT2D eigenvalue weighted by atomic mass is 35.5. The van der Waals surface area contributed by atoms with E-state index in [1.54, 1.807) is 6.07 Å². The molecule has 1 aromatic heterocycles. The van der Waals surface area contributed by atoms with Crippen LogP contribution >= 0.6 is 23.2 Å². The third kappa shape index (κ3) is 2.56. The molecular formula is C14H16Cl2N2O2S. The second-order valence-corrected chi connectivity index (χ2v) is 8.72. The van der Waals surface area contributed by atoms with Gasteiger partial charge in [-0.1, -0.05) is 17.7 Å². The van der Waals surface area contributed by atoms with Crippen molar-refractivity contribution in [3.63, 3.8) is 0 Å². The van der Waals surface area contributed by atoms with Crippen LogP contribution in [-0.2, 0) is 21.8 Å². The van der Waals surface area contributed by atoms with Gasteiger partial charge in [0.05, 0.1) is 33.1 Å². The molecular weight excluding hydrogens is 331 g/mol. The largest absolute Gasteiger partial charge is 0.320 e. The number of para-hydroxylation sites is 1. The van der Waals surface area contributed by atoms with Gasteiger partial charge < -0.3 is 4.57 Å². The van der Waals surface area contributed by atoms with Gasteiger partial charge in [0.15, 0.2) is 9.84 Å². The molecule has 2 aromatic rings. The molecule has 0 bridgehead atoms. The summed E-state index contributed by atoms with van der Waals surface area (Å²) >= 11 is 12.2. The van der Waals surface area contributed by atoms with Crippen molar-refractivity contribution < 1.29 is 8.42 Å². The fourth-order valence-electron chi connectivity index (χ4n) is 3.14. The van der Waals surface area contributed by atoms with Crippen LogP contribution in [0, 0.1) is 0 Å². The normalized spacial score (nSPS) is 24.7. The van der Waals surface area contributed by atoms with Crippen LogP contribution in [0.25, 0.3) is 11.0 Å². The molecule has 0 aliphatic carbocycles. The van der Waals surface area contributed by atoms with Crippen LogP contribution < -0.4 is 0 Å². The number of hydrogen-bond donors (Lipinski definition) is 0. The molecule has 1 aliphatic rings. The van der Waals surface area contributed by atoms with Crippen molar-refractivity contribution in [2.24, 2.45) is 0 Å². The Morgan fingerprint density at radius 1 is 1.43 bits per heavy atom. The summed E-state index contributed by atoms with van der Waals surface area (Å²) in [7, 11) is -3.02. The molecule has 0 spiro atoms. The highest BCUT2D eigenvalue weighted by Gasteiger charge is 2.42. The van der Waals surface area contributed by atoms with Gasteiger partial charge in [-0.3, -0.25) is 0 Å². The molecule has 114 valence electrons. The number of alkyl halides is 1. The van der Waals surface area contributed by atoms with Crippen LogP contribution in [0.5, 0.6) is 0 Å². The monoisotopic (exact) mass is 346 g/mol. The maximum absolute atomic E-state index is 11.9. The maximum Gasteiger partial charge on any atom is 0.152 e. The molecule has 3 rings (SSSR count). The van der Waals surface area contributed by atoms with Gasteiger partial charge in [-0.25, -0.2) is 13.4 Å². The molecule has 4 nitrogen and oxygen atoms in total. The van der Waals surface area contributed by atoms with E-state index in [4.69, 9.17) is 23.2 Å². The molecule has 7 heteroatoms. The van der Waals surface area contributed by atoms with Crippen LogP contribution in [0.3, 0.4) is 0 Å². The topological polar surface area (TPSA) is 52.0 Å². The van der Waals surface area contributed by atoms with Gasteiger partial charge in [0.1, 0.15) is 5.82 Å². The molecule has 1 fully saturated rings. The van der Waals surface area contributed by atoms with E-state index >= 15 is 0 Å². The van der Waals surface area contributed by atoms with Gasteiger partial charge in [0, 0.05) is 12.3 Å². The Bertz CT molecular complexity index is 801. The van der Waals surface area contributed by atoms with E-state index in [9.17, 15) is 8.42 Å². The number of aryl methyl sites for hydroxylation is 1. The Hall–Kier alpha value is -0.780. The highest BCUT2D eigenvalue weighted by Crippen LogP contribution is 2.37. The van der Waals surface area contributed by atoms with Crippen molar-refractivity contribution in [1.82, 2.24) is 9.55 Å². The Labute approximate surface area is 134 Å². The number of rotatable bonds is 3. The number of benzene rings is 1. The first kappa shape index (κ1) is 15.1. The fraction of sp³-hybridized carbons (Fsp3) is 0.500. The summed E-state index contributed by atoms with van der Waals surface area (Å²) < 4.78 is 25.9. The van der Waals surface area contributed by atoms with Crippen LogP contribution in [0.4, 0.5) is 0 Å². The first-order valence-corrected chi connectivity index (χ1v) is 9.52. The second-order valence-electron chi connectivity index (χ2n) is 5.75. The van der Waals surface area contributed by atoms with E-state index in [1.165, 1.54) is 0 Å². The zero-order valence-corrected chi connectivity index (χ0v) is 14.0. The molecule has 1 aromatic carbocycles. The van der Waals surface area contributed by atoms with E-state index in [0.29, 0.717) is 23.7 Å². The molecule has 21 heavy (non-hydrogen) atoms. The Balaban J connectivity index is 2.27. The average Bonchev–Trinajstić information content (AvgIpc) is 2.89. The number of imidazole rings is 1. The zero-order chi connectivity index (χ0) is 15.3. The number of nitrogens with zero attached hydrogens (tertiary/aromatic N) is 2. The Morgan fingerprint density at radius 3 is 2.81 bits per heavy atom. The fourth-order valence-corrected chi connectivity index (χ4v) is 5.68. The van der Waals surface area contributed by atoms with Crippen LogP contribution in [0.15, 0.2) is 18.2 Å². The van der Waals surface area contributed by atoms with Gasteiger partial charge in [-0.2, -0.15) is 0 Å². The lowest BCUT2D eigenvalue weighted by Gasteiger charge is -2.27. The molecule has 0 amide bonds. The van der Waals surface area contributed by atoms with E-state index in [1.807, 2.05) is 23.6 Å². The first-order valence-electron chi connectivity index (χ1n) is 6.79. The minimum Gasteiger partial charge on any atom is -0.320 e. The summed E-state index contributed by atoms with van der Waals surface area (Å²) in [6.07, 6.45) is 1.16. The predicted molar refractivity (Wildman–Crippen MR) is 86.1 cm³/mol. The molecule has 0 N–H and O–H groups in total. The van der Waals surface area contributed by atoms with E-state index in [2.05, 4.69) is 4.98 Å². The van der Waals surface area contributed by atoms with Crippen molar-refractivity contribution in [3.8, 4) is 0 Å². The van der Waals surface area contributed by atoms with Gasteiger partial charge >= 0.3 is 0 Å². The first-order chi connectivity index (χ1) is 9.86. The predicted octanol–water partition coefficient (Wildman–Crippen LogP) is 3.00. The minimum atomic E-state index is -3.02. The standard InChI is InChI=1S/C14H16Cl2N2O2S/c1-14(6-8-21(19,20)9-14)18-12(5-7-15)17-11-4-2-3-10(16)13(11)18/h2-4H,5-9H2,1H3. The van der Waals surface area contributed by atoms with Gasteiger partial charge in [0.2, 0.25) is 0 Å². The zero-order valence-electron chi connectivity index (χ0n) is 11.6. The Kier molecular flexibility index (Phi) is 3.71. The summed E-state index contributed by atoms with van der Waals surface area (Å²) in [6.45, 7) is 1.96.